The second-order valence-electron chi connectivity index (χ2n) is 4.75. The Bertz CT molecular complexity index is 567. The van der Waals surface area contributed by atoms with Crippen LogP contribution in [0.3, 0.4) is 0 Å². The number of nitrogens with one attached hydrogen (secondary N) is 1. The molecule has 4 heteroatoms. The molecule has 0 saturated carbocycles. The van der Waals surface area contributed by atoms with Gasteiger partial charge in [-0.2, -0.15) is 0 Å². The van der Waals surface area contributed by atoms with Crippen LogP contribution in [0.25, 0.3) is 0 Å². The Hall–Kier alpha value is -1.06. The molecule has 2 rings (SSSR count). The van der Waals surface area contributed by atoms with Crippen LogP contribution in [0.2, 0.25) is 10.0 Å². The van der Waals surface area contributed by atoms with Gasteiger partial charge in [0.15, 0.2) is 0 Å². The highest BCUT2D eigenvalue weighted by Crippen LogP contribution is 2.26. The molecule has 0 aliphatic carbocycles. The van der Waals surface area contributed by atoms with Gasteiger partial charge in [-0.25, -0.2) is 0 Å². The van der Waals surface area contributed by atoms with Gasteiger partial charge < -0.3 is 0 Å². The van der Waals surface area contributed by atoms with E-state index in [9.17, 15) is 0 Å². The average Bonchev–Trinajstić information content (AvgIpc) is 2.48. The highest BCUT2D eigenvalue weighted by atomic mass is 35.5. The van der Waals surface area contributed by atoms with Crippen molar-refractivity contribution in [2.45, 2.75) is 25.8 Å². The zero-order valence-electron chi connectivity index (χ0n) is 11.4. The summed E-state index contributed by atoms with van der Waals surface area (Å²) >= 11 is 12.2. The highest BCUT2D eigenvalue weighted by Gasteiger charge is 2.13. The van der Waals surface area contributed by atoms with E-state index >= 15 is 0 Å². The van der Waals surface area contributed by atoms with Crippen LogP contribution in [-0.4, -0.2) is 0 Å². The molecule has 0 aliphatic heterocycles. The zero-order valence-corrected chi connectivity index (χ0v) is 12.9. The smallest absolute Gasteiger partial charge is 0.0500 e. The molecule has 2 aromatic rings. The van der Waals surface area contributed by atoms with Crippen LogP contribution in [0.4, 0.5) is 0 Å². The summed E-state index contributed by atoms with van der Waals surface area (Å²) in [5.74, 6) is 5.69. The largest absolute Gasteiger partial charge is 0.271 e. The number of hydrogen-bond acceptors (Lipinski definition) is 2. The summed E-state index contributed by atoms with van der Waals surface area (Å²) in [7, 11) is 0. The summed E-state index contributed by atoms with van der Waals surface area (Å²) in [6, 6.07) is 13.9. The first-order valence-corrected chi connectivity index (χ1v) is 7.38. The summed E-state index contributed by atoms with van der Waals surface area (Å²) in [6.45, 7) is 2.14. The molecule has 0 fully saturated rings. The van der Waals surface area contributed by atoms with Crippen LogP contribution in [0.5, 0.6) is 0 Å². The van der Waals surface area contributed by atoms with Crippen LogP contribution in [0, 0.1) is 0 Å². The molecular weight excluding hydrogens is 291 g/mol. The molecule has 106 valence electrons. The Morgan fingerprint density at radius 3 is 2.40 bits per heavy atom. The topological polar surface area (TPSA) is 38.0 Å². The number of hydrazine groups is 1. The average molecular weight is 309 g/mol. The summed E-state index contributed by atoms with van der Waals surface area (Å²) in [5.41, 5.74) is 6.29. The van der Waals surface area contributed by atoms with E-state index in [-0.39, 0.29) is 6.04 Å². The molecule has 0 bridgehead atoms. The van der Waals surface area contributed by atoms with Crippen molar-refractivity contribution >= 4 is 23.2 Å². The van der Waals surface area contributed by atoms with Crippen LogP contribution < -0.4 is 11.3 Å². The van der Waals surface area contributed by atoms with Gasteiger partial charge in [0, 0.05) is 10.0 Å². The number of halogens is 2. The van der Waals surface area contributed by atoms with Crippen molar-refractivity contribution in [2.24, 2.45) is 5.84 Å². The minimum Gasteiger partial charge on any atom is -0.271 e. The van der Waals surface area contributed by atoms with Crippen molar-refractivity contribution in [1.82, 2.24) is 5.43 Å². The first-order valence-electron chi connectivity index (χ1n) is 6.63. The highest BCUT2D eigenvalue weighted by molar-refractivity contribution is 6.33. The standard InChI is InChI=1S/C16H18Cl2N2/c1-2-11-3-5-12(6-4-11)16(20-19)10-13-9-14(17)7-8-15(13)18/h3-9,16,20H,2,10,19H2,1H3. The van der Waals surface area contributed by atoms with E-state index in [0.29, 0.717) is 16.5 Å². The molecule has 2 nitrogen and oxygen atoms in total. The van der Waals surface area contributed by atoms with Gasteiger partial charge in [-0.1, -0.05) is 54.4 Å². The fourth-order valence-corrected chi connectivity index (χ4v) is 2.57. The molecule has 3 N–H and O–H groups in total. The van der Waals surface area contributed by atoms with Gasteiger partial charge >= 0.3 is 0 Å². The maximum absolute atomic E-state index is 6.21. The molecule has 20 heavy (non-hydrogen) atoms. The number of nitrogens with two attached hydrogens (primary N) is 1. The van der Waals surface area contributed by atoms with Crippen molar-refractivity contribution in [3.8, 4) is 0 Å². The Labute approximate surface area is 129 Å². The summed E-state index contributed by atoms with van der Waals surface area (Å²) in [4.78, 5) is 0. The van der Waals surface area contributed by atoms with E-state index in [1.54, 1.807) is 6.07 Å². The van der Waals surface area contributed by atoms with Gasteiger partial charge in [-0.15, -0.1) is 0 Å². The first kappa shape index (κ1) is 15.3. The zero-order chi connectivity index (χ0) is 14.5. The lowest BCUT2D eigenvalue weighted by Gasteiger charge is -2.18. The van der Waals surface area contributed by atoms with E-state index in [4.69, 9.17) is 29.0 Å². The number of aryl methyl sites for hydroxylation is 1. The minimum atomic E-state index is 0.0110. The predicted octanol–water partition coefficient (Wildman–Crippen LogP) is 4.30. The van der Waals surface area contributed by atoms with Gasteiger partial charge in [-0.3, -0.25) is 11.3 Å². The molecule has 0 spiro atoms. The van der Waals surface area contributed by atoms with E-state index in [1.165, 1.54) is 5.56 Å². The SMILES string of the molecule is CCc1ccc(C(Cc2cc(Cl)ccc2Cl)NN)cc1. The second kappa shape index (κ2) is 7.09. The summed E-state index contributed by atoms with van der Waals surface area (Å²) in [6.07, 6.45) is 1.72. The molecule has 1 unspecified atom stereocenters. The maximum Gasteiger partial charge on any atom is 0.0500 e. The molecule has 0 radical (unpaired) electrons. The normalized spacial score (nSPS) is 12.4. The lowest BCUT2D eigenvalue weighted by Crippen LogP contribution is -2.29. The molecule has 0 saturated heterocycles. The first-order chi connectivity index (χ1) is 9.63. The molecule has 0 heterocycles. The van der Waals surface area contributed by atoms with Crippen molar-refractivity contribution in [3.63, 3.8) is 0 Å². The van der Waals surface area contributed by atoms with E-state index < -0.39 is 0 Å². The molecule has 0 aromatic heterocycles. The summed E-state index contributed by atoms with van der Waals surface area (Å²) in [5, 5.41) is 1.39. The van der Waals surface area contributed by atoms with Crippen molar-refractivity contribution < 1.29 is 0 Å². The van der Waals surface area contributed by atoms with E-state index in [2.05, 4.69) is 36.6 Å². The fourth-order valence-electron chi connectivity index (χ4n) is 2.18. The van der Waals surface area contributed by atoms with Gasteiger partial charge in [0.25, 0.3) is 0 Å². The third-order valence-electron chi connectivity index (χ3n) is 3.42. The van der Waals surface area contributed by atoms with Crippen molar-refractivity contribution in [2.75, 3.05) is 0 Å². The molecule has 0 amide bonds. The summed E-state index contributed by atoms with van der Waals surface area (Å²) < 4.78 is 0. The quantitative estimate of drug-likeness (QED) is 0.638. The number of hydrogen-bond donors (Lipinski definition) is 2. The third kappa shape index (κ3) is 3.74. The number of benzene rings is 2. The van der Waals surface area contributed by atoms with Gasteiger partial charge in [0.2, 0.25) is 0 Å². The predicted molar refractivity (Wildman–Crippen MR) is 86.1 cm³/mol. The minimum absolute atomic E-state index is 0.0110. The molecular formula is C16H18Cl2N2. The monoisotopic (exact) mass is 308 g/mol. The van der Waals surface area contributed by atoms with Crippen LogP contribution in [0.1, 0.15) is 29.7 Å². The molecule has 0 aliphatic rings. The Morgan fingerprint density at radius 1 is 1.10 bits per heavy atom. The van der Waals surface area contributed by atoms with Crippen molar-refractivity contribution in [1.29, 1.82) is 0 Å². The lowest BCUT2D eigenvalue weighted by molar-refractivity contribution is 0.552. The third-order valence-corrected chi connectivity index (χ3v) is 4.03. The van der Waals surface area contributed by atoms with Crippen LogP contribution in [-0.2, 0) is 12.8 Å². The maximum atomic E-state index is 6.21. The number of rotatable bonds is 5. The van der Waals surface area contributed by atoms with E-state index in [0.717, 1.165) is 17.5 Å². The Morgan fingerprint density at radius 2 is 1.80 bits per heavy atom. The lowest BCUT2D eigenvalue weighted by atomic mass is 9.98. The Balaban J connectivity index is 2.21. The van der Waals surface area contributed by atoms with Gasteiger partial charge in [0.1, 0.15) is 0 Å². The van der Waals surface area contributed by atoms with Gasteiger partial charge in [0.05, 0.1) is 6.04 Å². The van der Waals surface area contributed by atoms with E-state index in [1.807, 2.05) is 12.1 Å². The van der Waals surface area contributed by atoms with Crippen LogP contribution in [0.15, 0.2) is 42.5 Å². The fraction of sp³-hybridized carbons (Fsp3) is 0.250. The van der Waals surface area contributed by atoms with Crippen molar-refractivity contribution in [3.05, 3.63) is 69.2 Å². The van der Waals surface area contributed by atoms with Crippen LogP contribution >= 0.6 is 23.2 Å². The van der Waals surface area contributed by atoms with Gasteiger partial charge in [-0.05, 0) is 47.7 Å². The second-order valence-corrected chi connectivity index (χ2v) is 5.60. The molecule has 2 aromatic carbocycles. The molecule has 1 atom stereocenters. The Kier molecular flexibility index (Phi) is 5.44.